The number of hydrogen-bond donors (Lipinski definition) is 1. The van der Waals surface area contributed by atoms with E-state index in [4.69, 9.17) is 21.4 Å². The molecule has 15 heavy (non-hydrogen) atoms. The predicted molar refractivity (Wildman–Crippen MR) is 52.0 cm³/mol. The highest BCUT2D eigenvalue weighted by Crippen LogP contribution is 2.23. The lowest BCUT2D eigenvalue weighted by Crippen LogP contribution is -2.34. The summed E-state index contributed by atoms with van der Waals surface area (Å²) in [5.41, 5.74) is 1.00. The second-order valence-corrected chi connectivity index (χ2v) is 3.67. The van der Waals surface area contributed by atoms with Crippen LogP contribution in [0, 0.1) is 0 Å². The Labute approximate surface area is 90.4 Å². The standard InChI is InChI=1S/C10H7ClO4/c11-6-1-2-7-5(3-6)4-8(9(12)13)15-10(7)14/h1-3,8H,4H2,(H,12,13). The van der Waals surface area contributed by atoms with Gasteiger partial charge in [0, 0.05) is 11.4 Å². The van der Waals surface area contributed by atoms with Gasteiger partial charge in [-0.3, -0.25) is 0 Å². The summed E-state index contributed by atoms with van der Waals surface area (Å²) < 4.78 is 4.73. The van der Waals surface area contributed by atoms with Crippen LogP contribution in [0.25, 0.3) is 0 Å². The fourth-order valence-electron chi connectivity index (χ4n) is 1.50. The van der Waals surface area contributed by atoms with Crippen LogP contribution in [0.3, 0.4) is 0 Å². The molecule has 0 aliphatic carbocycles. The zero-order valence-electron chi connectivity index (χ0n) is 7.57. The summed E-state index contributed by atoms with van der Waals surface area (Å²) in [5.74, 6) is -1.76. The van der Waals surface area contributed by atoms with Crippen LogP contribution >= 0.6 is 11.6 Å². The summed E-state index contributed by atoms with van der Waals surface area (Å²) >= 11 is 5.75. The summed E-state index contributed by atoms with van der Waals surface area (Å²) in [6.45, 7) is 0. The molecule has 0 radical (unpaired) electrons. The summed E-state index contributed by atoms with van der Waals surface area (Å²) in [6, 6.07) is 4.70. The van der Waals surface area contributed by atoms with Gasteiger partial charge in [0.1, 0.15) is 0 Å². The van der Waals surface area contributed by atoms with Crippen molar-refractivity contribution >= 4 is 23.5 Å². The zero-order chi connectivity index (χ0) is 11.0. The van der Waals surface area contributed by atoms with Gasteiger partial charge in [-0.1, -0.05) is 11.6 Å². The van der Waals surface area contributed by atoms with Crippen molar-refractivity contribution in [1.29, 1.82) is 0 Å². The van der Waals surface area contributed by atoms with Gasteiger partial charge in [-0.05, 0) is 23.8 Å². The molecule has 0 bridgehead atoms. The highest BCUT2D eigenvalue weighted by atomic mass is 35.5. The molecule has 1 aromatic carbocycles. The van der Waals surface area contributed by atoms with E-state index in [1.165, 1.54) is 6.07 Å². The molecule has 1 atom stereocenters. The number of carboxylic acids is 1. The smallest absolute Gasteiger partial charge is 0.345 e. The van der Waals surface area contributed by atoms with Crippen LogP contribution in [0.4, 0.5) is 0 Å². The molecular weight excluding hydrogens is 220 g/mol. The summed E-state index contributed by atoms with van der Waals surface area (Å²) in [6.07, 6.45) is -0.944. The van der Waals surface area contributed by atoms with E-state index >= 15 is 0 Å². The Balaban J connectivity index is 2.41. The molecule has 1 heterocycles. The van der Waals surface area contributed by atoms with Crippen LogP contribution in [0.5, 0.6) is 0 Å². The van der Waals surface area contributed by atoms with Crippen molar-refractivity contribution < 1.29 is 19.4 Å². The van der Waals surface area contributed by atoms with Crippen LogP contribution in [0.15, 0.2) is 18.2 Å². The van der Waals surface area contributed by atoms with E-state index in [1.54, 1.807) is 12.1 Å². The largest absolute Gasteiger partial charge is 0.478 e. The summed E-state index contributed by atoms with van der Waals surface area (Å²) in [4.78, 5) is 22.1. The van der Waals surface area contributed by atoms with Gasteiger partial charge in [-0.2, -0.15) is 0 Å². The molecule has 1 unspecified atom stereocenters. The van der Waals surface area contributed by atoms with Gasteiger partial charge in [-0.15, -0.1) is 0 Å². The van der Waals surface area contributed by atoms with Crippen molar-refractivity contribution in [2.75, 3.05) is 0 Å². The molecule has 0 amide bonds. The number of carboxylic acid groups (broad SMARTS) is 1. The fraction of sp³-hybridized carbons (Fsp3) is 0.200. The molecule has 5 heteroatoms. The Morgan fingerprint density at radius 1 is 1.53 bits per heavy atom. The van der Waals surface area contributed by atoms with Crippen LogP contribution < -0.4 is 0 Å². The number of carbonyl (C=O) groups excluding carboxylic acids is 1. The molecule has 4 nitrogen and oxygen atoms in total. The van der Waals surface area contributed by atoms with Gasteiger partial charge >= 0.3 is 11.9 Å². The lowest BCUT2D eigenvalue weighted by Gasteiger charge is -2.21. The highest BCUT2D eigenvalue weighted by Gasteiger charge is 2.30. The zero-order valence-corrected chi connectivity index (χ0v) is 8.32. The van der Waals surface area contributed by atoms with Crippen molar-refractivity contribution in [2.45, 2.75) is 12.5 Å². The van der Waals surface area contributed by atoms with Crippen molar-refractivity contribution in [3.8, 4) is 0 Å². The number of aliphatic carboxylic acids is 1. The maximum atomic E-state index is 11.4. The van der Waals surface area contributed by atoms with E-state index in [0.29, 0.717) is 16.1 Å². The molecular formula is C10H7ClO4. The number of halogens is 1. The van der Waals surface area contributed by atoms with E-state index in [-0.39, 0.29) is 6.42 Å². The van der Waals surface area contributed by atoms with Gasteiger partial charge in [0.05, 0.1) is 5.56 Å². The average molecular weight is 227 g/mol. The SMILES string of the molecule is O=C1OC(C(=O)O)Cc2cc(Cl)ccc21. The Kier molecular flexibility index (Phi) is 2.36. The van der Waals surface area contributed by atoms with E-state index in [0.717, 1.165) is 0 Å². The minimum Gasteiger partial charge on any atom is -0.478 e. The van der Waals surface area contributed by atoms with Crippen LogP contribution in [-0.2, 0) is 16.0 Å². The lowest BCUT2D eigenvalue weighted by molar-refractivity contribution is -0.147. The third kappa shape index (κ3) is 1.80. The van der Waals surface area contributed by atoms with E-state index < -0.39 is 18.0 Å². The molecule has 78 valence electrons. The highest BCUT2D eigenvalue weighted by molar-refractivity contribution is 6.30. The first-order valence-electron chi connectivity index (χ1n) is 4.30. The number of benzene rings is 1. The second-order valence-electron chi connectivity index (χ2n) is 3.24. The van der Waals surface area contributed by atoms with Crippen molar-refractivity contribution in [3.05, 3.63) is 34.3 Å². The number of esters is 1. The van der Waals surface area contributed by atoms with Crippen LogP contribution in [0.1, 0.15) is 15.9 Å². The van der Waals surface area contributed by atoms with Gasteiger partial charge in [0.2, 0.25) is 6.10 Å². The quantitative estimate of drug-likeness (QED) is 0.738. The normalized spacial score (nSPS) is 19.3. The Bertz CT molecular complexity index is 441. The molecule has 1 aliphatic heterocycles. The molecule has 1 aromatic rings. The lowest BCUT2D eigenvalue weighted by atomic mass is 9.99. The topological polar surface area (TPSA) is 63.6 Å². The number of ether oxygens (including phenoxy) is 1. The van der Waals surface area contributed by atoms with Gasteiger partial charge in [0.25, 0.3) is 0 Å². The maximum Gasteiger partial charge on any atom is 0.345 e. The van der Waals surface area contributed by atoms with Gasteiger partial charge in [-0.25, -0.2) is 9.59 Å². The van der Waals surface area contributed by atoms with E-state index in [9.17, 15) is 9.59 Å². The Hall–Kier alpha value is -1.55. The van der Waals surface area contributed by atoms with Crippen LogP contribution in [-0.4, -0.2) is 23.1 Å². The van der Waals surface area contributed by atoms with E-state index in [1.807, 2.05) is 0 Å². The first-order chi connectivity index (χ1) is 7.08. The first-order valence-corrected chi connectivity index (χ1v) is 4.68. The molecule has 0 saturated heterocycles. The molecule has 0 spiro atoms. The number of rotatable bonds is 1. The fourth-order valence-corrected chi connectivity index (χ4v) is 1.70. The average Bonchev–Trinajstić information content (AvgIpc) is 2.16. The molecule has 2 rings (SSSR count). The monoisotopic (exact) mass is 226 g/mol. The molecule has 0 fully saturated rings. The first kappa shape index (κ1) is 9.98. The minimum atomic E-state index is -1.14. The summed E-state index contributed by atoms with van der Waals surface area (Å²) in [7, 11) is 0. The van der Waals surface area contributed by atoms with Gasteiger partial charge in [0.15, 0.2) is 0 Å². The van der Waals surface area contributed by atoms with Crippen molar-refractivity contribution in [3.63, 3.8) is 0 Å². The number of carbonyl (C=O) groups is 2. The second kappa shape index (κ2) is 3.55. The van der Waals surface area contributed by atoms with Crippen molar-refractivity contribution in [2.24, 2.45) is 0 Å². The van der Waals surface area contributed by atoms with Crippen LogP contribution in [0.2, 0.25) is 5.02 Å². The van der Waals surface area contributed by atoms with Crippen molar-refractivity contribution in [1.82, 2.24) is 0 Å². The van der Waals surface area contributed by atoms with Gasteiger partial charge < -0.3 is 9.84 Å². The minimum absolute atomic E-state index is 0.164. The summed E-state index contributed by atoms with van der Waals surface area (Å²) in [5, 5.41) is 9.22. The third-order valence-corrected chi connectivity index (χ3v) is 2.45. The molecule has 1 N–H and O–H groups in total. The molecule has 1 aliphatic rings. The Morgan fingerprint density at radius 3 is 2.93 bits per heavy atom. The maximum absolute atomic E-state index is 11.4. The predicted octanol–water partition coefficient (Wildman–Crippen LogP) is 1.51. The number of hydrogen-bond acceptors (Lipinski definition) is 3. The number of cyclic esters (lactones) is 1. The molecule has 0 saturated carbocycles. The molecule has 0 aromatic heterocycles. The third-order valence-electron chi connectivity index (χ3n) is 2.22. The Morgan fingerprint density at radius 2 is 2.27 bits per heavy atom. The van der Waals surface area contributed by atoms with E-state index in [2.05, 4.69) is 0 Å². The number of fused-ring (bicyclic) bond motifs is 1.